The van der Waals surface area contributed by atoms with Crippen molar-refractivity contribution in [1.82, 2.24) is 5.32 Å². The predicted octanol–water partition coefficient (Wildman–Crippen LogP) is 2.68. The molecule has 0 radical (unpaired) electrons. The molecule has 0 atom stereocenters. The highest BCUT2D eigenvalue weighted by Gasteiger charge is 2.24. The van der Waals surface area contributed by atoms with Gasteiger partial charge in [0, 0.05) is 30.7 Å². The van der Waals surface area contributed by atoms with Gasteiger partial charge < -0.3 is 31.0 Å². The topological polar surface area (TPSA) is 91.8 Å². The van der Waals surface area contributed by atoms with Crippen molar-refractivity contribution in [3.05, 3.63) is 46.4 Å². The molecule has 6 nitrogen and oxygen atoms in total. The number of halogens is 1. The molecule has 0 amide bonds. The summed E-state index contributed by atoms with van der Waals surface area (Å²) < 4.78 is 15.8. The van der Waals surface area contributed by atoms with Crippen LogP contribution in [0.25, 0.3) is 0 Å². The minimum Gasteiger partial charge on any atom is -0.497 e. The molecule has 0 aliphatic carbocycles. The molecule has 1 aromatic rings. The van der Waals surface area contributed by atoms with Gasteiger partial charge >= 0.3 is 0 Å². The molecule has 0 saturated carbocycles. The predicted molar refractivity (Wildman–Crippen MR) is 101 cm³/mol. The van der Waals surface area contributed by atoms with Crippen LogP contribution in [0.15, 0.2) is 40.8 Å². The highest BCUT2D eigenvalue weighted by Crippen LogP contribution is 2.30. The third-order valence-corrected chi connectivity index (χ3v) is 3.97. The van der Waals surface area contributed by atoms with E-state index < -0.39 is 0 Å². The van der Waals surface area contributed by atoms with E-state index in [0.717, 1.165) is 11.3 Å². The van der Waals surface area contributed by atoms with Gasteiger partial charge in [-0.2, -0.15) is 0 Å². The molecule has 140 valence electrons. The summed E-state index contributed by atoms with van der Waals surface area (Å²) in [5, 5.41) is 3.33. The molecule has 0 aliphatic heterocycles. The van der Waals surface area contributed by atoms with Crippen molar-refractivity contribution in [2.45, 2.75) is 20.4 Å². The molecule has 0 aliphatic rings. The van der Waals surface area contributed by atoms with Gasteiger partial charge in [-0.05, 0) is 23.8 Å². The molecule has 0 bridgehead atoms. The Hall–Kier alpha value is -2.05. The van der Waals surface area contributed by atoms with E-state index in [1.165, 1.54) is 0 Å². The van der Waals surface area contributed by atoms with Crippen molar-refractivity contribution in [2.75, 3.05) is 27.9 Å². The smallest absolute Gasteiger partial charge is 0.127 e. The minimum atomic E-state index is -0.370. The average Bonchev–Trinajstić information content (AvgIpc) is 2.57. The van der Waals surface area contributed by atoms with Crippen LogP contribution in [0.1, 0.15) is 19.4 Å². The van der Waals surface area contributed by atoms with Crippen LogP contribution in [0.4, 0.5) is 0 Å². The standard InChI is InChI=1S/C18H28ClN3O3/c1-18(2,11-23-3)14(17(19)21)9-16(20)22-10-12-6-7-13(24-4)8-15(12)25-5/h6-9,22H,10-11,20-21H2,1-5H3. The lowest BCUT2D eigenvalue weighted by molar-refractivity contribution is 0.128. The molecular weight excluding hydrogens is 342 g/mol. The van der Waals surface area contributed by atoms with Gasteiger partial charge in [-0.3, -0.25) is 0 Å². The average molecular weight is 370 g/mol. The van der Waals surface area contributed by atoms with Crippen LogP contribution >= 0.6 is 11.6 Å². The van der Waals surface area contributed by atoms with Gasteiger partial charge in [-0.25, -0.2) is 0 Å². The number of rotatable bonds is 9. The molecule has 1 aromatic carbocycles. The molecule has 25 heavy (non-hydrogen) atoms. The highest BCUT2D eigenvalue weighted by molar-refractivity contribution is 6.29. The second-order valence-electron chi connectivity index (χ2n) is 6.21. The Morgan fingerprint density at radius 1 is 1.20 bits per heavy atom. The largest absolute Gasteiger partial charge is 0.497 e. The molecule has 0 fully saturated rings. The number of hydrogen-bond acceptors (Lipinski definition) is 6. The monoisotopic (exact) mass is 369 g/mol. The Balaban J connectivity index is 2.93. The summed E-state index contributed by atoms with van der Waals surface area (Å²) in [7, 11) is 4.85. The second kappa shape index (κ2) is 9.44. The van der Waals surface area contributed by atoms with Crippen LogP contribution in [0.2, 0.25) is 0 Å². The van der Waals surface area contributed by atoms with E-state index in [2.05, 4.69) is 5.32 Å². The lowest BCUT2D eigenvalue weighted by Crippen LogP contribution is -2.26. The van der Waals surface area contributed by atoms with E-state index in [1.54, 1.807) is 27.4 Å². The van der Waals surface area contributed by atoms with Crippen LogP contribution in [0.5, 0.6) is 11.5 Å². The minimum absolute atomic E-state index is 0.189. The van der Waals surface area contributed by atoms with E-state index in [-0.39, 0.29) is 10.6 Å². The fourth-order valence-electron chi connectivity index (χ4n) is 2.43. The Kier molecular flexibility index (Phi) is 7.93. The van der Waals surface area contributed by atoms with Crippen LogP contribution < -0.4 is 26.3 Å². The molecule has 0 saturated heterocycles. The number of ether oxygens (including phenoxy) is 3. The van der Waals surface area contributed by atoms with Gasteiger partial charge in [-0.1, -0.05) is 25.4 Å². The van der Waals surface area contributed by atoms with Gasteiger partial charge in [-0.15, -0.1) is 0 Å². The summed E-state index contributed by atoms with van der Waals surface area (Å²) in [5.74, 6) is 1.89. The summed E-state index contributed by atoms with van der Waals surface area (Å²) in [5.41, 5.74) is 13.2. The highest BCUT2D eigenvalue weighted by atomic mass is 35.5. The maximum Gasteiger partial charge on any atom is 0.127 e. The fourth-order valence-corrected chi connectivity index (χ4v) is 2.74. The van der Waals surface area contributed by atoms with Crippen molar-refractivity contribution >= 4 is 11.6 Å². The fraction of sp³-hybridized carbons (Fsp3) is 0.444. The third-order valence-electron chi connectivity index (χ3n) is 3.77. The molecular formula is C18H28ClN3O3. The first-order valence-corrected chi connectivity index (χ1v) is 8.19. The normalized spacial score (nSPS) is 13.3. The number of nitrogens with one attached hydrogen (secondary N) is 1. The number of benzene rings is 1. The molecule has 1 rings (SSSR count). The Labute approximate surface area is 154 Å². The summed E-state index contributed by atoms with van der Waals surface area (Å²) in [6, 6.07) is 5.60. The lowest BCUT2D eigenvalue weighted by Gasteiger charge is -2.26. The van der Waals surface area contributed by atoms with E-state index in [1.807, 2.05) is 32.0 Å². The van der Waals surface area contributed by atoms with Gasteiger partial charge in [0.15, 0.2) is 0 Å². The quantitative estimate of drug-likeness (QED) is 0.458. The Morgan fingerprint density at radius 2 is 1.88 bits per heavy atom. The third kappa shape index (κ3) is 6.07. The zero-order valence-electron chi connectivity index (χ0n) is 15.5. The summed E-state index contributed by atoms with van der Waals surface area (Å²) in [6.45, 7) is 4.91. The molecule has 0 aromatic heterocycles. The van der Waals surface area contributed by atoms with Gasteiger partial charge in [0.2, 0.25) is 0 Å². The summed E-state index contributed by atoms with van der Waals surface area (Å²) in [6.07, 6.45) is 1.73. The van der Waals surface area contributed by atoms with Crippen LogP contribution in [0.3, 0.4) is 0 Å². The molecule has 0 heterocycles. The van der Waals surface area contributed by atoms with Gasteiger partial charge in [0.1, 0.15) is 16.7 Å². The molecule has 7 heteroatoms. The maximum atomic E-state index is 6.10. The number of allylic oxidation sites excluding steroid dienone is 1. The van der Waals surface area contributed by atoms with E-state index in [9.17, 15) is 0 Å². The first kappa shape index (κ1) is 21.0. The zero-order valence-corrected chi connectivity index (χ0v) is 16.2. The van der Waals surface area contributed by atoms with Crippen molar-refractivity contribution in [2.24, 2.45) is 16.9 Å². The number of methoxy groups -OCH3 is 3. The van der Waals surface area contributed by atoms with Gasteiger partial charge in [0.05, 0.1) is 26.6 Å². The summed E-state index contributed by atoms with van der Waals surface area (Å²) >= 11 is 6.05. The Morgan fingerprint density at radius 3 is 2.40 bits per heavy atom. The Bertz CT molecular complexity index is 638. The molecule has 0 spiro atoms. The van der Waals surface area contributed by atoms with Crippen molar-refractivity contribution in [1.29, 1.82) is 0 Å². The molecule has 5 N–H and O–H groups in total. The lowest BCUT2D eigenvalue weighted by atomic mass is 9.85. The molecule has 0 unspecified atom stereocenters. The maximum absolute atomic E-state index is 6.10. The zero-order chi connectivity index (χ0) is 19.0. The first-order valence-electron chi connectivity index (χ1n) is 7.81. The summed E-state index contributed by atoms with van der Waals surface area (Å²) in [4.78, 5) is 0. The van der Waals surface area contributed by atoms with Crippen molar-refractivity contribution in [3.8, 4) is 11.5 Å². The second-order valence-corrected chi connectivity index (χ2v) is 6.62. The van der Waals surface area contributed by atoms with Gasteiger partial charge in [0.25, 0.3) is 0 Å². The van der Waals surface area contributed by atoms with E-state index in [4.69, 9.17) is 37.3 Å². The van der Waals surface area contributed by atoms with Crippen LogP contribution in [0, 0.1) is 5.41 Å². The SMILES string of the molecule is COCC(C)(C)C(C=C(N)NCc1ccc(OC)cc1OC)=C(N)Cl. The number of nitrogens with two attached hydrogens (primary N) is 2. The van der Waals surface area contributed by atoms with E-state index >= 15 is 0 Å². The van der Waals surface area contributed by atoms with Crippen molar-refractivity contribution < 1.29 is 14.2 Å². The van der Waals surface area contributed by atoms with E-state index in [0.29, 0.717) is 30.3 Å². The van der Waals surface area contributed by atoms with Crippen molar-refractivity contribution in [3.63, 3.8) is 0 Å². The van der Waals surface area contributed by atoms with Crippen LogP contribution in [-0.4, -0.2) is 27.9 Å². The first-order chi connectivity index (χ1) is 11.7. The van der Waals surface area contributed by atoms with Crippen LogP contribution in [-0.2, 0) is 11.3 Å². The number of hydrogen-bond donors (Lipinski definition) is 3.